The summed E-state index contributed by atoms with van der Waals surface area (Å²) in [5, 5.41) is 9.35. The van der Waals surface area contributed by atoms with E-state index in [1.165, 1.54) is 17.8 Å². The van der Waals surface area contributed by atoms with Crippen LogP contribution in [0.25, 0.3) is 0 Å². The van der Waals surface area contributed by atoms with Crippen molar-refractivity contribution in [1.82, 2.24) is 9.97 Å². The third kappa shape index (κ3) is 7.58. The minimum Gasteiger partial charge on any atom is -0.492 e. The van der Waals surface area contributed by atoms with E-state index in [1.807, 2.05) is 18.2 Å². The van der Waals surface area contributed by atoms with Gasteiger partial charge in [0.2, 0.25) is 11.5 Å². The Labute approximate surface area is 270 Å². The molecule has 2 aromatic heterocycles. The molecule has 2 aromatic carbocycles. The number of carboxylic acids is 1. The first-order chi connectivity index (χ1) is 22.7. The molecule has 0 spiro atoms. The highest BCUT2D eigenvalue weighted by Crippen LogP contribution is 2.37. The van der Waals surface area contributed by atoms with Crippen molar-refractivity contribution in [3.05, 3.63) is 101 Å². The minimum atomic E-state index is -4.84. The molecule has 6 rings (SSSR count). The van der Waals surface area contributed by atoms with Gasteiger partial charge in [0.25, 0.3) is 6.01 Å². The number of carbonyl (C=O) groups is 2. The van der Waals surface area contributed by atoms with Crippen LogP contribution in [0, 0.1) is 5.92 Å². The van der Waals surface area contributed by atoms with Crippen molar-refractivity contribution in [2.75, 3.05) is 42.6 Å². The lowest BCUT2D eigenvalue weighted by molar-refractivity contribution is -0.141. The maximum absolute atomic E-state index is 13.9. The zero-order chi connectivity index (χ0) is 33.0. The third-order valence-electron chi connectivity index (χ3n) is 8.88. The second-order valence-electron chi connectivity index (χ2n) is 12.0. The number of anilines is 2. The summed E-state index contributed by atoms with van der Waals surface area (Å²) in [7, 11) is 0. The molecule has 0 amide bonds. The highest BCUT2D eigenvalue weighted by molar-refractivity contribution is 5.96. The Hall–Kier alpha value is -4.87. The molecule has 9 nitrogen and oxygen atoms in total. The number of carbonyl (C=O) groups excluding carboxylic acids is 1. The molecule has 4 aromatic rings. The lowest BCUT2D eigenvalue weighted by Crippen LogP contribution is -2.36. The first kappa shape index (κ1) is 32.1. The van der Waals surface area contributed by atoms with Gasteiger partial charge >= 0.3 is 12.1 Å². The van der Waals surface area contributed by atoms with Crippen LogP contribution >= 0.6 is 0 Å². The number of rotatable bonds is 10. The van der Waals surface area contributed by atoms with Crippen LogP contribution in [0.2, 0.25) is 0 Å². The molecule has 12 heteroatoms. The molecule has 47 heavy (non-hydrogen) atoms. The lowest BCUT2D eigenvalue weighted by atomic mass is 9.90. The van der Waals surface area contributed by atoms with Gasteiger partial charge in [-0.3, -0.25) is 4.79 Å². The zero-order valence-electron chi connectivity index (χ0n) is 25.7. The van der Waals surface area contributed by atoms with E-state index in [0.717, 1.165) is 25.7 Å². The van der Waals surface area contributed by atoms with Crippen molar-refractivity contribution in [2.45, 2.75) is 44.2 Å². The molecule has 246 valence electrons. The number of para-hydroxylation sites is 1. The predicted octanol–water partition coefficient (Wildman–Crippen LogP) is 6.89. The molecule has 4 heterocycles. The fourth-order valence-corrected chi connectivity index (χ4v) is 6.23. The Bertz CT molecular complexity index is 1680. The molecule has 0 radical (unpaired) electrons. The quantitative estimate of drug-likeness (QED) is 0.184. The standard InChI is InChI=1S/C35H35F3N4O5/c36-35(37,38)32-31(47-34(40-32)42-18-14-26(15-19-42)25-6-2-1-3-7-25)28(43)20-24-10-11-30(39-21-24)41-16-12-23(13-17-41)22-46-29-9-5-4-8-27(29)33(44)45/h1-11,21,23,26H,12-20,22H2,(H,44,45). The monoisotopic (exact) mass is 648 g/mol. The Morgan fingerprint density at radius 1 is 0.894 bits per heavy atom. The van der Waals surface area contributed by atoms with Crippen molar-refractivity contribution >= 4 is 23.6 Å². The second kappa shape index (κ2) is 13.9. The summed E-state index contributed by atoms with van der Waals surface area (Å²) in [6, 6.07) is 19.8. The maximum atomic E-state index is 13.9. The van der Waals surface area contributed by atoms with E-state index >= 15 is 0 Å². The molecule has 2 fully saturated rings. The number of hydrogen-bond acceptors (Lipinski definition) is 8. The number of oxazole rings is 1. The Balaban J connectivity index is 1.04. The summed E-state index contributed by atoms with van der Waals surface area (Å²) in [5.74, 6) is -1.03. The smallest absolute Gasteiger partial charge is 0.437 e. The molecule has 2 aliphatic heterocycles. The number of ketones is 1. The summed E-state index contributed by atoms with van der Waals surface area (Å²) in [6.07, 6.45) is -0.537. The number of halogens is 3. The van der Waals surface area contributed by atoms with Crippen LogP contribution in [0.3, 0.4) is 0 Å². The number of pyridine rings is 1. The van der Waals surface area contributed by atoms with Gasteiger partial charge in [0.05, 0.1) is 6.61 Å². The Morgan fingerprint density at radius 2 is 1.57 bits per heavy atom. The van der Waals surface area contributed by atoms with Gasteiger partial charge in [-0.1, -0.05) is 48.5 Å². The third-order valence-corrected chi connectivity index (χ3v) is 8.88. The first-order valence-electron chi connectivity index (χ1n) is 15.7. The Kier molecular flexibility index (Phi) is 9.46. The highest BCUT2D eigenvalue weighted by Gasteiger charge is 2.42. The average molecular weight is 649 g/mol. The number of carboxylic acid groups (broad SMARTS) is 1. The van der Waals surface area contributed by atoms with Crippen LogP contribution in [0.1, 0.15) is 69.3 Å². The summed E-state index contributed by atoms with van der Waals surface area (Å²) in [6.45, 7) is 2.76. The number of piperidine rings is 2. The van der Waals surface area contributed by atoms with E-state index < -0.39 is 29.4 Å². The van der Waals surface area contributed by atoms with E-state index in [2.05, 4.69) is 27.0 Å². The van der Waals surface area contributed by atoms with Gasteiger partial charge in [-0.25, -0.2) is 9.78 Å². The van der Waals surface area contributed by atoms with Gasteiger partial charge in [0.1, 0.15) is 17.1 Å². The molecule has 1 N–H and O–H groups in total. The summed E-state index contributed by atoms with van der Waals surface area (Å²) in [4.78, 5) is 36.5. The SMILES string of the molecule is O=C(O)c1ccccc1OCC1CCN(c2ccc(CC(=O)c3oc(N4CCC(c5ccccc5)CC4)nc3C(F)(F)F)cn2)CC1. The highest BCUT2D eigenvalue weighted by atomic mass is 19.4. The van der Waals surface area contributed by atoms with E-state index in [-0.39, 0.29) is 23.9 Å². The van der Waals surface area contributed by atoms with E-state index in [4.69, 9.17) is 9.15 Å². The van der Waals surface area contributed by atoms with Gasteiger partial charge in [-0.05, 0) is 66.8 Å². The van der Waals surface area contributed by atoms with Crippen molar-refractivity contribution in [2.24, 2.45) is 5.92 Å². The van der Waals surface area contributed by atoms with Gasteiger partial charge < -0.3 is 24.1 Å². The zero-order valence-corrected chi connectivity index (χ0v) is 25.7. The number of ether oxygens (including phenoxy) is 1. The van der Waals surface area contributed by atoms with E-state index in [9.17, 15) is 27.9 Å². The molecule has 0 aliphatic carbocycles. The van der Waals surface area contributed by atoms with Gasteiger partial charge in [-0.15, -0.1) is 0 Å². The fraction of sp³-hybridized carbons (Fsp3) is 0.371. The average Bonchev–Trinajstić information content (AvgIpc) is 3.56. The fourth-order valence-electron chi connectivity index (χ4n) is 6.23. The number of nitrogens with zero attached hydrogens (tertiary/aromatic N) is 4. The Morgan fingerprint density at radius 3 is 2.23 bits per heavy atom. The molecule has 2 aliphatic rings. The lowest BCUT2D eigenvalue weighted by Gasteiger charge is -2.32. The number of Topliss-reactive ketones (excluding diaryl/α,β-unsaturated/α-hetero) is 1. The van der Waals surface area contributed by atoms with Crippen LogP contribution < -0.4 is 14.5 Å². The number of hydrogen-bond donors (Lipinski definition) is 1. The summed E-state index contributed by atoms with van der Waals surface area (Å²) >= 11 is 0. The van der Waals surface area contributed by atoms with Crippen LogP contribution in [0.15, 0.2) is 77.3 Å². The molecule has 0 unspecified atom stereocenters. The molecule has 2 saturated heterocycles. The van der Waals surface area contributed by atoms with Crippen LogP contribution in [0.4, 0.5) is 25.0 Å². The van der Waals surface area contributed by atoms with E-state index in [1.54, 1.807) is 35.2 Å². The van der Waals surface area contributed by atoms with Crippen molar-refractivity contribution in [3.63, 3.8) is 0 Å². The molecule has 0 saturated carbocycles. The normalized spacial score (nSPS) is 16.3. The van der Waals surface area contributed by atoms with Crippen LogP contribution in [0.5, 0.6) is 5.75 Å². The molecular formula is C35H35F3N4O5. The molecule has 0 atom stereocenters. The van der Waals surface area contributed by atoms with Gasteiger partial charge in [-0.2, -0.15) is 18.2 Å². The van der Waals surface area contributed by atoms with Crippen molar-refractivity contribution < 1.29 is 37.0 Å². The maximum Gasteiger partial charge on any atom is 0.437 e. The van der Waals surface area contributed by atoms with Crippen LogP contribution in [-0.4, -0.2) is 59.6 Å². The topological polar surface area (TPSA) is 109 Å². The van der Waals surface area contributed by atoms with Crippen molar-refractivity contribution in [3.8, 4) is 5.75 Å². The summed E-state index contributed by atoms with van der Waals surface area (Å²) in [5.41, 5.74) is 0.492. The number of alkyl halides is 3. The van der Waals surface area contributed by atoms with Crippen molar-refractivity contribution in [1.29, 1.82) is 0 Å². The number of aromatic carboxylic acids is 1. The second-order valence-corrected chi connectivity index (χ2v) is 12.0. The molecular weight excluding hydrogens is 613 g/mol. The van der Waals surface area contributed by atoms with Gasteiger partial charge in [0.15, 0.2) is 5.69 Å². The first-order valence-corrected chi connectivity index (χ1v) is 15.7. The molecule has 0 bridgehead atoms. The predicted molar refractivity (Wildman–Crippen MR) is 168 cm³/mol. The largest absolute Gasteiger partial charge is 0.492 e. The number of benzene rings is 2. The number of aromatic nitrogens is 2. The van der Waals surface area contributed by atoms with Gasteiger partial charge in [0, 0.05) is 38.8 Å². The minimum absolute atomic E-state index is 0.130. The van der Waals surface area contributed by atoms with E-state index in [0.29, 0.717) is 55.8 Å². The van der Waals surface area contributed by atoms with Crippen LogP contribution in [-0.2, 0) is 12.6 Å². The summed E-state index contributed by atoms with van der Waals surface area (Å²) < 4.78 is 53.2.